The van der Waals surface area contributed by atoms with Crippen LogP contribution in [-0.2, 0) is 4.79 Å². The van der Waals surface area contributed by atoms with Crippen LogP contribution in [-0.4, -0.2) is 15.6 Å². The first-order valence-corrected chi connectivity index (χ1v) is 7.96. The van der Waals surface area contributed by atoms with Crippen LogP contribution in [0.3, 0.4) is 0 Å². The van der Waals surface area contributed by atoms with Crippen molar-refractivity contribution in [1.29, 1.82) is 0 Å². The van der Waals surface area contributed by atoms with Crippen molar-refractivity contribution < 1.29 is 9.90 Å². The van der Waals surface area contributed by atoms with E-state index in [2.05, 4.69) is 49.7 Å². The first-order chi connectivity index (χ1) is 10.4. The van der Waals surface area contributed by atoms with E-state index in [4.69, 9.17) is 5.11 Å². The molecule has 0 aliphatic carbocycles. The van der Waals surface area contributed by atoms with Crippen LogP contribution in [0, 0.1) is 5.92 Å². The molecule has 3 nitrogen and oxygen atoms in total. The van der Waals surface area contributed by atoms with Gasteiger partial charge in [-0.1, -0.05) is 26.3 Å². The summed E-state index contributed by atoms with van der Waals surface area (Å²) in [6, 6.07) is 8.74. The van der Waals surface area contributed by atoms with Crippen LogP contribution in [0.25, 0.3) is 16.5 Å². The SMILES string of the molecule is CCCC(C)C(C)n1ccc2cc(/C(C)=C/C(=O)O)ccc21. The van der Waals surface area contributed by atoms with Crippen molar-refractivity contribution in [1.82, 2.24) is 4.57 Å². The van der Waals surface area contributed by atoms with Crippen LogP contribution in [0.1, 0.15) is 52.1 Å². The number of carboxylic acid groups (broad SMARTS) is 1. The average Bonchev–Trinajstić information content (AvgIpc) is 2.88. The second-order valence-corrected chi connectivity index (χ2v) is 6.17. The minimum Gasteiger partial charge on any atom is -0.478 e. The highest BCUT2D eigenvalue weighted by molar-refractivity contribution is 5.91. The molecule has 0 bridgehead atoms. The maximum atomic E-state index is 10.8. The molecule has 2 rings (SSSR count). The molecule has 0 aliphatic rings. The summed E-state index contributed by atoms with van der Waals surface area (Å²) in [6.07, 6.45) is 5.82. The van der Waals surface area contributed by atoms with Gasteiger partial charge in [-0.25, -0.2) is 4.79 Å². The van der Waals surface area contributed by atoms with Crippen LogP contribution in [0.5, 0.6) is 0 Å². The van der Waals surface area contributed by atoms with Crippen molar-refractivity contribution in [3.8, 4) is 0 Å². The quantitative estimate of drug-likeness (QED) is 0.752. The first-order valence-electron chi connectivity index (χ1n) is 7.96. The molecule has 0 spiro atoms. The molecule has 0 saturated carbocycles. The lowest BCUT2D eigenvalue weighted by molar-refractivity contribution is -0.131. The molecule has 22 heavy (non-hydrogen) atoms. The van der Waals surface area contributed by atoms with Gasteiger partial charge in [0, 0.05) is 29.2 Å². The van der Waals surface area contributed by atoms with E-state index in [1.807, 2.05) is 13.0 Å². The number of aromatic nitrogens is 1. The van der Waals surface area contributed by atoms with E-state index in [0.29, 0.717) is 12.0 Å². The van der Waals surface area contributed by atoms with Gasteiger partial charge in [-0.3, -0.25) is 0 Å². The lowest BCUT2D eigenvalue weighted by atomic mass is 9.98. The molecule has 1 aromatic heterocycles. The summed E-state index contributed by atoms with van der Waals surface area (Å²) in [5.41, 5.74) is 2.94. The van der Waals surface area contributed by atoms with Crippen molar-refractivity contribution in [2.75, 3.05) is 0 Å². The van der Waals surface area contributed by atoms with Crippen molar-refractivity contribution in [3.05, 3.63) is 42.1 Å². The van der Waals surface area contributed by atoms with Gasteiger partial charge in [-0.15, -0.1) is 0 Å². The molecule has 0 amide bonds. The van der Waals surface area contributed by atoms with Gasteiger partial charge in [0.25, 0.3) is 0 Å². The van der Waals surface area contributed by atoms with E-state index >= 15 is 0 Å². The minimum atomic E-state index is -0.905. The monoisotopic (exact) mass is 299 g/mol. The molecule has 118 valence electrons. The lowest BCUT2D eigenvalue weighted by Crippen LogP contribution is -2.12. The molecule has 0 aliphatic heterocycles. The number of carbonyl (C=O) groups is 1. The molecule has 0 radical (unpaired) electrons. The summed E-state index contributed by atoms with van der Waals surface area (Å²) in [5, 5.41) is 10.0. The van der Waals surface area contributed by atoms with Crippen molar-refractivity contribution >= 4 is 22.4 Å². The number of carboxylic acids is 1. The number of hydrogen-bond acceptors (Lipinski definition) is 1. The van der Waals surface area contributed by atoms with Gasteiger partial charge in [0.05, 0.1) is 0 Å². The van der Waals surface area contributed by atoms with Gasteiger partial charge in [-0.05, 0) is 55.5 Å². The fraction of sp³-hybridized carbons (Fsp3) is 0.421. The van der Waals surface area contributed by atoms with Crippen LogP contribution in [0.4, 0.5) is 0 Å². The molecule has 1 aromatic carbocycles. The minimum absolute atomic E-state index is 0.457. The third kappa shape index (κ3) is 3.41. The molecule has 3 heteroatoms. The molecule has 1 heterocycles. The van der Waals surface area contributed by atoms with E-state index < -0.39 is 5.97 Å². The zero-order chi connectivity index (χ0) is 16.3. The number of allylic oxidation sites excluding steroid dienone is 1. The van der Waals surface area contributed by atoms with E-state index in [1.54, 1.807) is 0 Å². The van der Waals surface area contributed by atoms with Crippen LogP contribution in [0.15, 0.2) is 36.5 Å². The van der Waals surface area contributed by atoms with Gasteiger partial charge in [0.2, 0.25) is 0 Å². The summed E-state index contributed by atoms with van der Waals surface area (Å²) < 4.78 is 2.33. The molecular weight excluding hydrogens is 274 g/mol. The van der Waals surface area contributed by atoms with Crippen molar-refractivity contribution in [2.45, 2.75) is 46.6 Å². The molecule has 2 unspecified atom stereocenters. The van der Waals surface area contributed by atoms with Gasteiger partial charge in [0.1, 0.15) is 0 Å². The molecule has 2 atom stereocenters. The topological polar surface area (TPSA) is 42.2 Å². The van der Waals surface area contributed by atoms with E-state index in [-0.39, 0.29) is 0 Å². The Kier molecular flexibility index (Phi) is 5.07. The molecule has 1 N–H and O–H groups in total. The smallest absolute Gasteiger partial charge is 0.328 e. The summed E-state index contributed by atoms with van der Waals surface area (Å²) in [7, 11) is 0. The Morgan fingerprint density at radius 3 is 2.68 bits per heavy atom. The Morgan fingerprint density at radius 1 is 1.32 bits per heavy atom. The third-order valence-corrected chi connectivity index (χ3v) is 4.52. The lowest BCUT2D eigenvalue weighted by Gasteiger charge is -2.22. The first kappa shape index (κ1) is 16.3. The van der Waals surface area contributed by atoms with E-state index in [9.17, 15) is 4.79 Å². The summed E-state index contributed by atoms with van der Waals surface area (Å²) >= 11 is 0. The van der Waals surface area contributed by atoms with Gasteiger partial charge >= 0.3 is 5.97 Å². The Balaban J connectivity index is 2.36. The van der Waals surface area contributed by atoms with Crippen molar-refractivity contribution in [3.63, 3.8) is 0 Å². The fourth-order valence-corrected chi connectivity index (χ4v) is 3.00. The summed E-state index contributed by atoms with van der Waals surface area (Å²) in [5.74, 6) is -0.272. The summed E-state index contributed by atoms with van der Waals surface area (Å²) in [6.45, 7) is 8.62. The predicted octanol–water partition coefficient (Wildman–Crippen LogP) is 5.13. The van der Waals surface area contributed by atoms with Crippen LogP contribution < -0.4 is 0 Å². The Labute approximate surface area is 132 Å². The fourth-order valence-electron chi connectivity index (χ4n) is 3.00. The largest absolute Gasteiger partial charge is 0.478 e. The average molecular weight is 299 g/mol. The number of nitrogens with zero attached hydrogens (tertiary/aromatic N) is 1. The Bertz CT molecular complexity index is 697. The normalized spacial score (nSPS) is 15.0. The number of rotatable bonds is 6. The molecule has 0 fully saturated rings. The second kappa shape index (κ2) is 6.82. The zero-order valence-corrected chi connectivity index (χ0v) is 13.8. The number of benzene rings is 1. The molecule has 2 aromatic rings. The summed E-state index contributed by atoms with van der Waals surface area (Å²) in [4.78, 5) is 10.8. The van der Waals surface area contributed by atoms with E-state index in [1.165, 1.54) is 24.4 Å². The Morgan fingerprint density at radius 2 is 2.05 bits per heavy atom. The number of hydrogen-bond donors (Lipinski definition) is 1. The van der Waals surface area contributed by atoms with Gasteiger partial charge in [-0.2, -0.15) is 0 Å². The zero-order valence-electron chi connectivity index (χ0n) is 13.8. The third-order valence-electron chi connectivity index (χ3n) is 4.52. The van der Waals surface area contributed by atoms with Gasteiger partial charge in [0.15, 0.2) is 0 Å². The van der Waals surface area contributed by atoms with E-state index in [0.717, 1.165) is 16.5 Å². The van der Waals surface area contributed by atoms with Crippen molar-refractivity contribution in [2.24, 2.45) is 5.92 Å². The van der Waals surface area contributed by atoms with Gasteiger partial charge < -0.3 is 9.67 Å². The standard InChI is InChI=1S/C19H25NO2/c1-5-6-13(2)15(4)20-10-9-17-12-16(7-8-18(17)20)14(3)11-19(21)22/h7-13,15H,5-6H2,1-4H3,(H,21,22)/b14-11+. The maximum Gasteiger partial charge on any atom is 0.328 e. The molecular formula is C19H25NO2. The highest BCUT2D eigenvalue weighted by Gasteiger charge is 2.15. The highest BCUT2D eigenvalue weighted by Crippen LogP contribution is 2.29. The Hall–Kier alpha value is -2.03. The highest BCUT2D eigenvalue weighted by atomic mass is 16.4. The van der Waals surface area contributed by atoms with Crippen LogP contribution in [0.2, 0.25) is 0 Å². The predicted molar refractivity (Wildman–Crippen MR) is 92.0 cm³/mol. The second-order valence-electron chi connectivity index (χ2n) is 6.17. The maximum absolute atomic E-state index is 10.8. The van der Waals surface area contributed by atoms with Crippen LogP contribution >= 0.6 is 0 Å². The number of fused-ring (bicyclic) bond motifs is 1. The number of aliphatic carboxylic acids is 1. The molecule has 0 saturated heterocycles.